The second-order valence-corrected chi connectivity index (χ2v) is 4.53. The molecule has 17 heavy (non-hydrogen) atoms. The average molecular weight is 238 g/mol. The van der Waals surface area contributed by atoms with Gasteiger partial charge in [-0.25, -0.2) is 0 Å². The lowest BCUT2D eigenvalue weighted by Gasteiger charge is -2.35. The highest BCUT2D eigenvalue weighted by molar-refractivity contribution is 5.98. The van der Waals surface area contributed by atoms with Gasteiger partial charge in [0.2, 0.25) is 0 Å². The minimum Gasteiger partial charge on any atom is -0.383 e. The molecule has 0 aliphatic carbocycles. The van der Waals surface area contributed by atoms with Gasteiger partial charge in [-0.3, -0.25) is 9.48 Å². The molecule has 2 rings (SSSR count). The van der Waals surface area contributed by atoms with Gasteiger partial charge in [-0.1, -0.05) is 0 Å². The van der Waals surface area contributed by atoms with Gasteiger partial charge in [0.1, 0.15) is 11.4 Å². The number of aromatic nitrogens is 2. The Morgan fingerprint density at radius 2 is 2.06 bits per heavy atom. The molecule has 2 heterocycles. The number of aryl methyl sites for hydroxylation is 1. The zero-order valence-electron chi connectivity index (χ0n) is 10.4. The van der Waals surface area contributed by atoms with Gasteiger partial charge in [0.25, 0.3) is 5.91 Å². The molecule has 2 N–H and O–H groups in total. The minimum atomic E-state index is -0.0717. The highest BCUT2D eigenvalue weighted by atomic mass is 16.5. The molecule has 1 amide bonds. The number of carbonyl (C=O) groups is 1. The van der Waals surface area contributed by atoms with Crippen LogP contribution in [0.3, 0.4) is 0 Å². The third kappa shape index (κ3) is 2.26. The van der Waals surface area contributed by atoms with Crippen LogP contribution in [0.25, 0.3) is 0 Å². The van der Waals surface area contributed by atoms with Crippen molar-refractivity contribution < 1.29 is 9.53 Å². The number of hydrogen-bond donors (Lipinski definition) is 1. The van der Waals surface area contributed by atoms with Crippen molar-refractivity contribution in [2.75, 3.05) is 18.8 Å². The fourth-order valence-electron chi connectivity index (χ4n) is 2.13. The summed E-state index contributed by atoms with van der Waals surface area (Å²) >= 11 is 0. The number of morpholine rings is 1. The first-order chi connectivity index (χ1) is 7.99. The standard InChI is InChI=1S/C11H18N4O2/c1-7-5-15(6-8(2)17-7)11(16)9-4-13-14(3)10(9)12/h4,7-8H,5-6,12H2,1-3H3/t7-,8-/m0/s1. The summed E-state index contributed by atoms with van der Waals surface area (Å²) < 4.78 is 7.09. The molecular formula is C11H18N4O2. The van der Waals surface area contributed by atoms with Crippen LogP contribution in [0, 0.1) is 0 Å². The second-order valence-electron chi connectivity index (χ2n) is 4.53. The smallest absolute Gasteiger partial charge is 0.259 e. The van der Waals surface area contributed by atoms with Crippen LogP contribution in [0.15, 0.2) is 6.20 Å². The fourth-order valence-corrected chi connectivity index (χ4v) is 2.13. The summed E-state index contributed by atoms with van der Waals surface area (Å²) in [7, 11) is 1.72. The Bertz CT molecular complexity index is 419. The molecule has 6 nitrogen and oxygen atoms in total. The third-order valence-electron chi connectivity index (χ3n) is 2.92. The normalized spacial score (nSPS) is 25.0. The molecule has 0 unspecified atom stereocenters. The van der Waals surface area contributed by atoms with E-state index in [2.05, 4.69) is 5.10 Å². The van der Waals surface area contributed by atoms with Crippen molar-refractivity contribution in [3.63, 3.8) is 0 Å². The Balaban J connectivity index is 2.17. The molecule has 1 fully saturated rings. The fraction of sp³-hybridized carbons (Fsp3) is 0.636. The number of rotatable bonds is 1. The van der Waals surface area contributed by atoms with Crippen LogP contribution in [0.4, 0.5) is 5.82 Å². The number of hydrogen-bond acceptors (Lipinski definition) is 4. The van der Waals surface area contributed by atoms with Gasteiger partial charge < -0.3 is 15.4 Å². The predicted molar refractivity (Wildman–Crippen MR) is 63.5 cm³/mol. The maximum absolute atomic E-state index is 12.3. The van der Waals surface area contributed by atoms with Gasteiger partial charge in [-0.15, -0.1) is 0 Å². The molecule has 1 aromatic rings. The quantitative estimate of drug-likeness (QED) is 0.761. The average Bonchev–Trinajstić information content (AvgIpc) is 2.57. The zero-order valence-corrected chi connectivity index (χ0v) is 10.4. The number of carbonyl (C=O) groups excluding carboxylic acids is 1. The summed E-state index contributed by atoms with van der Waals surface area (Å²) in [6.07, 6.45) is 1.63. The summed E-state index contributed by atoms with van der Waals surface area (Å²) in [6.45, 7) is 5.11. The van der Waals surface area contributed by atoms with Crippen LogP contribution in [-0.2, 0) is 11.8 Å². The van der Waals surface area contributed by atoms with E-state index in [1.54, 1.807) is 11.9 Å². The molecule has 0 radical (unpaired) electrons. The van der Waals surface area contributed by atoms with Crippen LogP contribution >= 0.6 is 0 Å². The number of amides is 1. The van der Waals surface area contributed by atoms with E-state index in [1.165, 1.54) is 10.9 Å². The van der Waals surface area contributed by atoms with Gasteiger partial charge in [-0.2, -0.15) is 5.10 Å². The molecule has 6 heteroatoms. The van der Waals surface area contributed by atoms with Crippen molar-refractivity contribution in [1.82, 2.24) is 14.7 Å². The monoisotopic (exact) mass is 238 g/mol. The van der Waals surface area contributed by atoms with Gasteiger partial charge >= 0.3 is 0 Å². The number of ether oxygens (including phenoxy) is 1. The van der Waals surface area contributed by atoms with E-state index in [0.717, 1.165) is 0 Å². The van der Waals surface area contributed by atoms with E-state index < -0.39 is 0 Å². The van der Waals surface area contributed by atoms with E-state index >= 15 is 0 Å². The Labute approximate surface area is 100 Å². The largest absolute Gasteiger partial charge is 0.383 e. The summed E-state index contributed by atoms with van der Waals surface area (Å²) in [5.74, 6) is 0.333. The number of nitrogens with two attached hydrogens (primary N) is 1. The zero-order chi connectivity index (χ0) is 12.6. The molecular weight excluding hydrogens is 220 g/mol. The molecule has 0 bridgehead atoms. The minimum absolute atomic E-state index is 0.0561. The van der Waals surface area contributed by atoms with E-state index in [9.17, 15) is 4.79 Å². The lowest BCUT2D eigenvalue weighted by Crippen LogP contribution is -2.48. The van der Waals surface area contributed by atoms with Crippen LogP contribution in [-0.4, -0.2) is 45.9 Å². The van der Waals surface area contributed by atoms with Crippen molar-refractivity contribution in [2.24, 2.45) is 7.05 Å². The lowest BCUT2D eigenvalue weighted by molar-refractivity contribution is -0.0585. The number of anilines is 1. The van der Waals surface area contributed by atoms with Gasteiger partial charge in [0.15, 0.2) is 0 Å². The molecule has 2 atom stereocenters. The SMILES string of the molecule is C[C@H]1CN(C(=O)c2cnn(C)c2N)C[C@H](C)O1. The van der Waals surface area contributed by atoms with Crippen molar-refractivity contribution in [3.05, 3.63) is 11.8 Å². The van der Waals surface area contributed by atoms with Crippen molar-refractivity contribution in [3.8, 4) is 0 Å². The van der Waals surface area contributed by atoms with Crippen molar-refractivity contribution >= 4 is 11.7 Å². The molecule has 1 aliphatic heterocycles. The van der Waals surface area contributed by atoms with Gasteiger partial charge in [0.05, 0.1) is 18.4 Å². The van der Waals surface area contributed by atoms with Crippen LogP contribution in [0.2, 0.25) is 0 Å². The lowest BCUT2D eigenvalue weighted by atomic mass is 10.2. The van der Waals surface area contributed by atoms with Gasteiger partial charge in [0, 0.05) is 20.1 Å². The highest BCUT2D eigenvalue weighted by Crippen LogP contribution is 2.17. The first kappa shape index (κ1) is 11.9. The maximum Gasteiger partial charge on any atom is 0.259 e. The predicted octanol–water partition coefficient (Wildman–Crippen LogP) is 0.252. The third-order valence-corrected chi connectivity index (χ3v) is 2.92. The first-order valence-electron chi connectivity index (χ1n) is 5.71. The number of nitrogens with zero attached hydrogens (tertiary/aromatic N) is 3. The maximum atomic E-state index is 12.3. The van der Waals surface area contributed by atoms with E-state index in [4.69, 9.17) is 10.5 Å². The summed E-state index contributed by atoms with van der Waals surface area (Å²) in [6, 6.07) is 0. The van der Waals surface area contributed by atoms with E-state index in [-0.39, 0.29) is 18.1 Å². The highest BCUT2D eigenvalue weighted by Gasteiger charge is 2.28. The topological polar surface area (TPSA) is 73.4 Å². The summed E-state index contributed by atoms with van der Waals surface area (Å²) in [4.78, 5) is 14.0. The molecule has 0 aromatic carbocycles. The Hall–Kier alpha value is -1.56. The Kier molecular flexibility index (Phi) is 3.06. The van der Waals surface area contributed by atoms with E-state index in [0.29, 0.717) is 24.5 Å². The summed E-state index contributed by atoms with van der Waals surface area (Å²) in [5, 5.41) is 3.98. The molecule has 0 saturated carbocycles. The molecule has 0 spiro atoms. The Morgan fingerprint density at radius 3 is 2.53 bits per heavy atom. The van der Waals surface area contributed by atoms with Crippen LogP contribution < -0.4 is 5.73 Å². The van der Waals surface area contributed by atoms with Crippen molar-refractivity contribution in [2.45, 2.75) is 26.1 Å². The second kappa shape index (κ2) is 4.37. The molecule has 1 aromatic heterocycles. The molecule has 94 valence electrons. The number of nitrogen functional groups attached to an aromatic ring is 1. The van der Waals surface area contributed by atoms with Crippen LogP contribution in [0.5, 0.6) is 0 Å². The first-order valence-corrected chi connectivity index (χ1v) is 5.71. The molecule has 1 aliphatic rings. The Morgan fingerprint density at radius 1 is 1.47 bits per heavy atom. The van der Waals surface area contributed by atoms with E-state index in [1.807, 2.05) is 13.8 Å². The summed E-state index contributed by atoms with van der Waals surface area (Å²) in [5.41, 5.74) is 6.27. The molecule has 1 saturated heterocycles. The van der Waals surface area contributed by atoms with Gasteiger partial charge in [-0.05, 0) is 13.8 Å². The van der Waals surface area contributed by atoms with Crippen molar-refractivity contribution in [1.29, 1.82) is 0 Å². The van der Waals surface area contributed by atoms with Crippen LogP contribution in [0.1, 0.15) is 24.2 Å².